The zero-order valence-corrected chi connectivity index (χ0v) is 12.8. The molecule has 1 aromatic carbocycles. The van der Waals surface area contributed by atoms with Gasteiger partial charge in [-0.3, -0.25) is 4.79 Å². The van der Waals surface area contributed by atoms with Gasteiger partial charge in [0.2, 0.25) is 0 Å². The number of pyridine rings is 1. The number of hydrogen-bond donors (Lipinski definition) is 1. The number of hydrogen-bond acceptors (Lipinski definition) is 3. The fourth-order valence-corrected chi connectivity index (χ4v) is 2.18. The third kappa shape index (κ3) is 4.05. The zero-order valence-electron chi connectivity index (χ0n) is 12.8. The van der Waals surface area contributed by atoms with Gasteiger partial charge in [-0.15, -0.1) is 0 Å². The minimum atomic E-state index is -0.0699. The Morgan fingerprint density at radius 1 is 1.29 bits per heavy atom. The molecule has 0 bridgehead atoms. The molecule has 2 rings (SSSR count). The average molecular weight is 283 g/mol. The van der Waals surface area contributed by atoms with Crippen LogP contribution in [0.2, 0.25) is 0 Å². The summed E-state index contributed by atoms with van der Waals surface area (Å²) in [5.74, 6) is -0.0699. The number of amides is 1. The first-order valence-corrected chi connectivity index (χ1v) is 7.11. The van der Waals surface area contributed by atoms with Crippen LogP contribution in [0.25, 0.3) is 0 Å². The van der Waals surface area contributed by atoms with Crippen LogP contribution in [0.3, 0.4) is 0 Å². The van der Waals surface area contributed by atoms with Gasteiger partial charge in [-0.25, -0.2) is 4.98 Å². The normalized spacial score (nSPS) is 10.2. The summed E-state index contributed by atoms with van der Waals surface area (Å²) in [6, 6.07) is 11.8. The Morgan fingerprint density at radius 3 is 2.71 bits per heavy atom. The van der Waals surface area contributed by atoms with Gasteiger partial charge in [0.15, 0.2) is 0 Å². The van der Waals surface area contributed by atoms with Crippen molar-refractivity contribution >= 4 is 11.6 Å². The summed E-state index contributed by atoms with van der Waals surface area (Å²) in [6.07, 6.45) is 1.69. The lowest BCUT2D eigenvalue weighted by molar-refractivity contribution is 0.0779. The molecule has 0 unspecified atom stereocenters. The molecular weight excluding hydrogens is 262 g/mol. The second-order valence-electron chi connectivity index (χ2n) is 5.11. The van der Waals surface area contributed by atoms with E-state index in [0.717, 1.165) is 17.8 Å². The Hall–Kier alpha value is -2.36. The van der Waals surface area contributed by atoms with Crippen LogP contribution >= 0.6 is 0 Å². The van der Waals surface area contributed by atoms with Gasteiger partial charge in [-0.1, -0.05) is 29.8 Å². The molecule has 1 heterocycles. The van der Waals surface area contributed by atoms with Crippen molar-refractivity contribution in [2.75, 3.05) is 18.9 Å². The number of anilines is 1. The van der Waals surface area contributed by atoms with Gasteiger partial charge < -0.3 is 10.2 Å². The van der Waals surface area contributed by atoms with Crippen molar-refractivity contribution in [3.05, 3.63) is 59.4 Å². The Morgan fingerprint density at radius 2 is 2.10 bits per heavy atom. The lowest BCUT2D eigenvalue weighted by Crippen LogP contribution is -2.27. The van der Waals surface area contributed by atoms with Gasteiger partial charge in [0, 0.05) is 20.1 Å². The van der Waals surface area contributed by atoms with E-state index in [-0.39, 0.29) is 5.91 Å². The average Bonchev–Trinajstić information content (AvgIpc) is 2.47. The van der Waals surface area contributed by atoms with Crippen LogP contribution in [0.15, 0.2) is 42.6 Å². The maximum absolute atomic E-state index is 12.3. The van der Waals surface area contributed by atoms with Crippen LogP contribution in [0.1, 0.15) is 28.5 Å². The summed E-state index contributed by atoms with van der Waals surface area (Å²) in [7, 11) is 1.80. The standard InChI is InChI=1S/C17H21N3O/c1-4-18-15-8-9-16(19-11-15)17(21)20(3)12-14-7-5-6-13(2)10-14/h5-11,18H,4,12H2,1-3H3. The molecule has 0 fully saturated rings. The maximum atomic E-state index is 12.3. The number of carbonyl (C=O) groups is 1. The number of aryl methyl sites for hydroxylation is 1. The number of aromatic nitrogens is 1. The molecule has 2 aromatic rings. The van der Waals surface area contributed by atoms with E-state index in [0.29, 0.717) is 12.2 Å². The molecule has 0 aliphatic rings. The summed E-state index contributed by atoms with van der Waals surface area (Å²) in [5, 5.41) is 3.16. The third-order valence-corrected chi connectivity index (χ3v) is 3.21. The SMILES string of the molecule is CCNc1ccc(C(=O)N(C)Cc2cccc(C)c2)nc1. The summed E-state index contributed by atoms with van der Waals surface area (Å²) < 4.78 is 0. The molecule has 1 amide bonds. The Bertz CT molecular complexity index is 608. The van der Waals surface area contributed by atoms with Crippen LogP contribution in [0.4, 0.5) is 5.69 Å². The largest absolute Gasteiger partial charge is 0.384 e. The number of carbonyl (C=O) groups excluding carboxylic acids is 1. The van der Waals surface area contributed by atoms with E-state index < -0.39 is 0 Å². The van der Waals surface area contributed by atoms with Gasteiger partial charge in [-0.2, -0.15) is 0 Å². The highest BCUT2D eigenvalue weighted by Crippen LogP contribution is 2.11. The predicted octanol–water partition coefficient (Wildman–Crippen LogP) is 3.09. The third-order valence-electron chi connectivity index (χ3n) is 3.21. The molecule has 110 valence electrons. The first-order chi connectivity index (χ1) is 10.1. The summed E-state index contributed by atoms with van der Waals surface area (Å²) in [5.41, 5.74) is 3.71. The predicted molar refractivity (Wildman–Crippen MR) is 85.4 cm³/mol. The van der Waals surface area contributed by atoms with E-state index in [1.54, 1.807) is 24.2 Å². The quantitative estimate of drug-likeness (QED) is 0.917. The molecule has 4 heteroatoms. The smallest absolute Gasteiger partial charge is 0.272 e. The minimum Gasteiger partial charge on any atom is -0.384 e. The van der Waals surface area contributed by atoms with Crippen LogP contribution in [0.5, 0.6) is 0 Å². The molecule has 1 aromatic heterocycles. The van der Waals surface area contributed by atoms with Crippen molar-refractivity contribution in [2.45, 2.75) is 20.4 Å². The molecule has 0 saturated heterocycles. The first kappa shape index (κ1) is 15.0. The number of nitrogens with one attached hydrogen (secondary N) is 1. The molecule has 0 aliphatic heterocycles. The highest BCUT2D eigenvalue weighted by Gasteiger charge is 2.13. The molecule has 0 spiro atoms. The highest BCUT2D eigenvalue weighted by atomic mass is 16.2. The van der Waals surface area contributed by atoms with Crippen LogP contribution in [-0.4, -0.2) is 29.4 Å². The number of nitrogens with zero attached hydrogens (tertiary/aromatic N) is 2. The molecule has 0 aliphatic carbocycles. The molecular formula is C17H21N3O. The molecule has 0 atom stereocenters. The van der Waals surface area contributed by atoms with Crippen molar-refractivity contribution in [1.29, 1.82) is 0 Å². The van der Waals surface area contributed by atoms with E-state index in [1.807, 2.05) is 38.1 Å². The summed E-state index contributed by atoms with van der Waals surface area (Å²) in [4.78, 5) is 18.3. The minimum absolute atomic E-state index is 0.0699. The van der Waals surface area contributed by atoms with E-state index in [2.05, 4.69) is 16.4 Å². The zero-order chi connectivity index (χ0) is 15.2. The lowest BCUT2D eigenvalue weighted by Gasteiger charge is -2.17. The van der Waals surface area contributed by atoms with Crippen molar-refractivity contribution < 1.29 is 4.79 Å². The fraction of sp³-hybridized carbons (Fsp3) is 0.294. The molecule has 21 heavy (non-hydrogen) atoms. The summed E-state index contributed by atoms with van der Waals surface area (Å²) in [6.45, 7) is 5.49. The molecule has 1 N–H and O–H groups in total. The van der Waals surface area contributed by atoms with E-state index in [9.17, 15) is 4.79 Å². The molecule has 0 saturated carbocycles. The van der Waals surface area contributed by atoms with E-state index >= 15 is 0 Å². The van der Waals surface area contributed by atoms with Crippen LogP contribution < -0.4 is 5.32 Å². The maximum Gasteiger partial charge on any atom is 0.272 e. The monoisotopic (exact) mass is 283 g/mol. The number of rotatable bonds is 5. The Balaban J connectivity index is 2.04. The van der Waals surface area contributed by atoms with Crippen LogP contribution in [-0.2, 0) is 6.54 Å². The fourth-order valence-electron chi connectivity index (χ4n) is 2.18. The molecule has 0 radical (unpaired) electrons. The first-order valence-electron chi connectivity index (χ1n) is 7.11. The summed E-state index contributed by atoms with van der Waals surface area (Å²) >= 11 is 0. The van der Waals surface area contributed by atoms with Crippen molar-refractivity contribution in [3.63, 3.8) is 0 Å². The second-order valence-corrected chi connectivity index (χ2v) is 5.11. The van der Waals surface area contributed by atoms with E-state index in [1.165, 1.54) is 5.56 Å². The van der Waals surface area contributed by atoms with Gasteiger partial charge >= 0.3 is 0 Å². The highest BCUT2D eigenvalue weighted by molar-refractivity contribution is 5.92. The van der Waals surface area contributed by atoms with Gasteiger partial charge in [-0.05, 0) is 31.5 Å². The van der Waals surface area contributed by atoms with Crippen molar-refractivity contribution in [3.8, 4) is 0 Å². The lowest BCUT2D eigenvalue weighted by atomic mass is 10.1. The van der Waals surface area contributed by atoms with Crippen LogP contribution in [0, 0.1) is 6.92 Å². The van der Waals surface area contributed by atoms with E-state index in [4.69, 9.17) is 0 Å². The van der Waals surface area contributed by atoms with Gasteiger partial charge in [0.25, 0.3) is 5.91 Å². The molecule has 4 nitrogen and oxygen atoms in total. The Kier molecular flexibility index (Phi) is 4.93. The van der Waals surface area contributed by atoms with Gasteiger partial charge in [0.1, 0.15) is 5.69 Å². The van der Waals surface area contributed by atoms with Gasteiger partial charge in [0.05, 0.1) is 11.9 Å². The Labute approximate surface area is 125 Å². The van der Waals surface area contributed by atoms with Crippen molar-refractivity contribution in [2.24, 2.45) is 0 Å². The van der Waals surface area contributed by atoms with Crippen molar-refractivity contribution in [1.82, 2.24) is 9.88 Å². The second kappa shape index (κ2) is 6.88. The topological polar surface area (TPSA) is 45.2 Å². The number of benzene rings is 1.